The molecule has 6 rings (SSSR count). The van der Waals surface area contributed by atoms with Crippen molar-refractivity contribution in [2.45, 2.75) is 58.3 Å². The van der Waals surface area contributed by atoms with Crippen LogP contribution < -0.4 is 143 Å². The van der Waals surface area contributed by atoms with Crippen LogP contribution in [0.5, 0.6) is 0 Å². The molecule has 2 saturated heterocycles. The van der Waals surface area contributed by atoms with Crippen molar-refractivity contribution in [3.63, 3.8) is 0 Å². The van der Waals surface area contributed by atoms with Gasteiger partial charge in [-0.2, -0.15) is 10.2 Å². The molecule has 47 heavy (non-hydrogen) atoms. The largest absolute Gasteiger partial charge is 1.00 e. The van der Waals surface area contributed by atoms with Crippen LogP contribution in [0.1, 0.15) is 60.5 Å². The third-order valence-corrected chi connectivity index (χ3v) is 7.38. The molecule has 0 aliphatic carbocycles. The van der Waals surface area contributed by atoms with E-state index in [0.717, 1.165) is 53.2 Å². The fraction of sp³-hybridized carbons (Fsp3) is 0.452. The molecular weight excluding hydrogens is 918 g/mol. The summed E-state index contributed by atoms with van der Waals surface area (Å²) in [5.74, 6) is -0.750. The Balaban J connectivity index is 0.000000356. The van der Waals surface area contributed by atoms with Crippen molar-refractivity contribution < 1.29 is 181 Å². The van der Waals surface area contributed by atoms with Crippen LogP contribution in [0.2, 0.25) is 0 Å². The summed E-state index contributed by atoms with van der Waals surface area (Å²) in [6, 6.07) is 15.2. The van der Waals surface area contributed by atoms with Gasteiger partial charge >= 0.3 is 150 Å². The van der Waals surface area contributed by atoms with E-state index in [4.69, 9.17) is 34.0 Å². The number of para-hydroxylation sites is 2. The standard InChI is InChI=1S/C15H18N2O3.C10H10N2O2.C5H9BrO.CH2O3.2Cs/c1-2-19-15(18)14-12-7-3-4-8-13(12)17(16-14)10-11-6-5-9-20-11;1-2-14-10(13)9-7-5-3-4-6-8(7)11-12-9;6-4-5-2-1-3-7-5;2-1(3)4;;/h3-4,7-8,11H,2,5-6,9-10H2,1H3;3-6H,2H2,1H3,(H,11,12);5H,1-4H2;(H2,2,3,4);;/q;;;;2*+1/p-1. The first-order valence-corrected chi connectivity index (χ1v) is 15.8. The Bertz CT molecular complexity index is 1520. The minimum atomic E-state index is -2.08. The molecule has 0 radical (unpaired) electrons. The van der Waals surface area contributed by atoms with Crippen molar-refractivity contribution in [3.05, 3.63) is 59.9 Å². The van der Waals surface area contributed by atoms with Crippen molar-refractivity contribution in [1.29, 1.82) is 0 Å². The molecule has 2 N–H and O–H groups in total. The zero-order valence-electron chi connectivity index (χ0n) is 27.3. The summed E-state index contributed by atoms with van der Waals surface area (Å²) in [4.78, 5) is 31.8. The van der Waals surface area contributed by atoms with Gasteiger partial charge in [-0.3, -0.25) is 9.78 Å². The number of carboxylic acid groups (broad SMARTS) is 2. The van der Waals surface area contributed by atoms with Gasteiger partial charge < -0.3 is 34.0 Å². The van der Waals surface area contributed by atoms with Gasteiger partial charge in [0.2, 0.25) is 6.16 Å². The molecule has 2 aliphatic rings. The number of nitrogens with zero attached hydrogens (tertiary/aromatic N) is 3. The first-order valence-electron chi connectivity index (χ1n) is 14.7. The number of benzene rings is 2. The molecular formula is C31H38BrCs2N4O9+. The van der Waals surface area contributed by atoms with Crippen molar-refractivity contribution in [1.82, 2.24) is 20.0 Å². The predicted octanol–water partition coefficient (Wildman–Crippen LogP) is -1.41. The predicted molar refractivity (Wildman–Crippen MR) is 168 cm³/mol. The summed E-state index contributed by atoms with van der Waals surface area (Å²) in [5.41, 5.74) is 2.53. The van der Waals surface area contributed by atoms with Crippen LogP contribution in [0.4, 0.5) is 4.79 Å². The van der Waals surface area contributed by atoms with Gasteiger partial charge in [0.1, 0.15) is 0 Å². The molecule has 4 aromatic rings. The van der Waals surface area contributed by atoms with Crippen molar-refractivity contribution in [3.8, 4) is 0 Å². The third kappa shape index (κ3) is 15.1. The number of aromatic nitrogens is 4. The van der Waals surface area contributed by atoms with Gasteiger partial charge in [0, 0.05) is 29.3 Å². The smallest absolute Gasteiger partial charge is 0.565 e. The number of rotatable bonds is 7. The average Bonchev–Trinajstić information content (AvgIpc) is 3.86. The minimum Gasteiger partial charge on any atom is -0.565 e. The van der Waals surface area contributed by atoms with Gasteiger partial charge in [0.15, 0.2) is 11.4 Å². The summed E-state index contributed by atoms with van der Waals surface area (Å²) in [7, 11) is 0. The van der Waals surface area contributed by atoms with E-state index in [1.54, 1.807) is 13.8 Å². The zero-order chi connectivity index (χ0) is 32.6. The van der Waals surface area contributed by atoms with Crippen LogP contribution in [-0.4, -0.2) is 87.1 Å². The van der Waals surface area contributed by atoms with Gasteiger partial charge in [-0.25, -0.2) is 9.59 Å². The SMILES string of the molecule is BrCC1CCCO1.CCOC(=O)c1n[nH]c2ccccc12.CCOC(=O)c1nn(CC2CCCO2)c2ccccc12.O=C([O-])O.[Cs+].[Cs+]. The molecule has 0 amide bonds. The summed E-state index contributed by atoms with van der Waals surface area (Å²) in [5, 5.41) is 29.1. The van der Waals surface area contributed by atoms with E-state index in [9.17, 15) is 9.59 Å². The topological polar surface area (TPSA) is 178 Å². The van der Waals surface area contributed by atoms with Crippen LogP contribution in [0, 0.1) is 0 Å². The molecule has 2 atom stereocenters. The van der Waals surface area contributed by atoms with E-state index in [1.807, 2.05) is 53.2 Å². The van der Waals surface area contributed by atoms with E-state index in [1.165, 1.54) is 12.8 Å². The number of esters is 2. The molecule has 2 aliphatic heterocycles. The number of carbonyl (C=O) groups excluding carboxylic acids is 2. The first-order chi connectivity index (χ1) is 21.8. The van der Waals surface area contributed by atoms with Gasteiger partial charge in [-0.1, -0.05) is 52.3 Å². The number of ether oxygens (including phenoxy) is 4. The minimum absolute atomic E-state index is 0. The molecule has 16 heteroatoms. The Morgan fingerprint density at radius 2 is 1.45 bits per heavy atom. The van der Waals surface area contributed by atoms with E-state index in [0.29, 0.717) is 37.3 Å². The van der Waals surface area contributed by atoms with Gasteiger partial charge in [-0.05, 0) is 51.7 Å². The van der Waals surface area contributed by atoms with Crippen molar-refractivity contribution in [2.24, 2.45) is 0 Å². The second-order valence-corrected chi connectivity index (χ2v) is 10.4. The molecule has 0 spiro atoms. The Hall–Kier alpha value is 0.0939. The maximum absolute atomic E-state index is 12.0. The van der Waals surface area contributed by atoms with E-state index < -0.39 is 6.16 Å². The Kier molecular flexibility index (Phi) is 24.1. The number of H-pyrrole nitrogens is 1. The molecule has 4 heterocycles. The molecule has 2 aromatic heterocycles. The number of hydrogen-bond donors (Lipinski definition) is 2. The van der Waals surface area contributed by atoms with Crippen LogP contribution in [0.25, 0.3) is 21.8 Å². The quantitative estimate of drug-likeness (QED) is 0.165. The summed E-state index contributed by atoms with van der Waals surface area (Å²) in [6.45, 7) is 6.74. The Morgan fingerprint density at radius 1 is 0.915 bits per heavy atom. The molecule has 0 saturated carbocycles. The number of hydrogen-bond acceptors (Lipinski definition) is 10. The molecule has 13 nitrogen and oxygen atoms in total. The maximum atomic E-state index is 12.0. The van der Waals surface area contributed by atoms with Gasteiger partial charge in [0.05, 0.1) is 43.0 Å². The number of halogens is 1. The summed E-state index contributed by atoms with van der Waals surface area (Å²) in [6.07, 6.45) is 3.24. The number of fused-ring (bicyclic) bond motifs is 2. The monoisotopic (exact) mass is 955 g/mol. The molecule has 2 unspecified atom stereocenters. The zero-order valence-corrected chi connectivity index (χ0v) is 41.4. The van der Waals surface area contributed by atoms with Gasteiger partial charge in [-0.15, -0.1) is 0 Å². The molecule has 2 fully saturated rings. The Labute approximate surface area is 399 Å². The molecule has 244 valence electrons. The first kappa shape index (κ1) is 45.1. The summed E-state index contributed by atoms with van der Waals surface area (Å²) >= 11 is 3.35. The number of carbonyl (C=O) groups is 3. The second-order valence-electron chi connectivity index (χ2n) is 9.80. The van der Waals surface area contributed by atoms with Gasteiger partial charge in [0.25, 0.3) is 0 Å². The van der Waals surface area contributed by atoms with Crippen LogP contribution in [-0.2, 0) is 25.5 Å². The average molecular weight is 956 g/mol. The fourth-order valence-electron chi connectivity index (χ4n) is 4.68. The Morgan fingerprint density at radius 3 is 1.98 bits per heavy atom. The van der Waals surface area contributed by atoms with Crippen LogP contribution in [0.3, 0.4) is 0 Å². The van der Waals surface area contributed by atoms with E-state index in [2.05, 4.69) is 31.2 Å². The van der Waals surface area contributed by atoms with E-state index >= 15 is 0 Å². The van der Waals surface area contributed by atoms with Crippen LogP contribution >= 0.6 is 15.9 Å². The summed E-state index contributed by atoms with van der Waals surface area (Å²) < 4.78 is 22.7. The molecule has 0 bridgehead atoms. The normalized spacial score (nSPS) is 16.1. The van der Waals surface area contributed by atoms with Crippen molar-refractivity contribution in [2.75, 3.05) is 31.8 Å². The maximum Gasteiger partial charge on any atom is 1.00 e. The van der Waals surface area contributed by atoms with E-state index in [-0.39, 0.29) is 156 Å². The number of nitrogens with one attached hydrogen (secondary N) is 1. The second kappa shape index (κ2) is 25.1. The molecule has 2 aromatic carbocycles. The van der Waals surface area contributed by atoms with Crippen LogP contribution in [0.15, 0.2) is 48.5 Å². The number of alkyl halides is 1. The fourth-order valence-corrected chi connectivity index (χ4v) is 5.19. The number of aromatic amines is 1. The van der Waals surface area contributed by atoms with Crippen molar-refractivity contribution >= 4 is 55.8 Å². The third-order valence-electron chi connectivity index (χ3n) is 6.66.